The van der Waals surface area contributed by atoms with Gasteiger partial charge in [0.05, 0.1) is 5.25 Å². The van der Waals surface area contributed by atoms with Gasteiger partial charge in [0, 0.05) is 12.6 Å². The number of benzene rings is 1. The number of rotatable bonds is 2. The zero-order valence-electron chi connectivity index (χ0n) is 10.8. The Morgan fingerprint density at radius 3 is 2.56 bits per heavy atom. The van der Waals surface area contributed by atoms with Crippen molar-refractivity contribution in [2.24, 2.45) is 5.14 Å². The lowest BCUT2D eigenvalue weighted by Crippen LogP contribution is -2.43. The maximum absolute atomic E-state index is 11.3. The van der Waals surface area contributed by atoms with Gasteiger partial charge in [-0.1, -0.05) is 23.8 Å². The lowest BCUT2D eigenvalue weighted by atomic mass is 9.93. The Morgan fingerprint density at radius 2 is 2.00 bits per heavy atom. The van der Waals surface area contributed by atoms with Crippen LogP contribution in [0.25, 0.3) is 0 Å². The highest BCUT2D eigenvalue weighted by molar-refractivity contribution is 7.89. The van der Waals surface area contributed by atoms with Gasteiger partial charge in [-0.15, -0.1) is 0 Å². The van der Waals surface area contributed by atoms with Gasteiger partial charge >= 0.3 is 0 Å². The third-order valence-electron chi connectivity index (χ3n) is 3.64. The van der Waals surface area contributed by atoms with E-state index in [1.165, 1.54) is 16.7 Å². The second-order valence-corrected chi connectivity index (χ2v) is 6.95. The molecule has 1 fully saturated rings. The van der Waals surface area contributed by atoms with Crippen molar-refractivity contribution in [2.75, 3.05) is 6.54 Å². The maximum Gasteiger partial charge on any atom is 0.213 e. The van der Waals surface area contributed by atoms with Gasteiger partial charge < -0.3 is 5.32 Å². The Balaban J connectivity index is 2.12. The topological polar surface area (TPSA) is 72.2 Å². The van der Waals surface area contributed by atoms with Crippen LogP contribution in [0.3, 0.4) is 0 Å². The van der Waals surface area contributed by atoms with Crippen LogP contribution in [0.2, 0.25) is 0 Å². The summed E-state index contributed by atoms with van der Waals surface area (Å²) >= 11 is 0. The zero-order chi connectivity index (χ0) is 13.3. The van der Waals surface area contributed by atoms with Crippen LogP contribution in [-0.2, 0) is 10.0 Å². The molecule has 1 aromatic rings. The lowest BCUT2D eigenvalue weighted by Gasteiger charge is -2.30. The van der Waals surface area contributed by atoms with E-state index < -0.39 is 15.3 Å². The van der Waals surface area contributed by atoms with E-state index >= 15 is 0 Å². The minimum Gasteiger partial charge on any atom is -0.309 e. The molecule has 1 saturated heterocycles. The predicted molar refractivity (Wildman–Crippen MR) is 72.8 cm³/mol. The van der Waals surface area contributed by atoms with Gasteiger partial charge in [0.2, 0.25) is 10.0 Å². The molecule has 0 spiro atoms. The molecule has 2 rings (SSSR count). The van der Waals surface area contributed by atoms with Crippen LogP contribution in [0.15, 0.2) is 18.2 Å². The molecular weight excluding hydrogens is 248 g/mol. The maximum atomic E-state index is 11.3. The molecule has 1 heterocycles. The second-order valence-electron chi connectivity index (χ2n) is 5.11. The van der Waals surface area contributed by atoms with E-state index in [4.69, 9.17) is 5.14 Å². The van der Waals surface area contributed by atoms with Crippen molar-refractivity contribution in [2.45, 2.75) is 38.0 Å². The minimum absolute atomic E-state index is 0.239. The average Bonchev–Trinajstić information content (AvgIpc) is 2.31. The van der Waals surface area contributed by atoms with E-state index in [-0.39, 0.29) is 6.04 Å². The molecule has 0 saturated carbocycles. The van der Waals surface area contributed by atoms with E-state index in [1.54, 1.807) is 0 Å². The Morgan fingerprint density at radius 1 is 1.28 bits per heavy atom. The number of piperidine rings is 1. The van der Waals surface area contributed by atoms with Crippen molar-refractivity contribution >= 4 is 10.0 Å². The first-order valence-electron chi connectivity index (χ1n) is 6.20. The molecule has 1 aliphatic rings. The van der Waals surface area contributed by atoms with Gasteiger partial charge in [0.25, 0.3) is 0 Å². The van der Waals surface area contributed by atoms with E-state index in [0.29, 0.717) is 13.0 Å². The molecule has 1 aromatic carbocycles. The van der Waals surface area contributed by atoms with E-state index in [9.17, 15) is 8.42 Å². The van der Waals surface area contributed by atoms with Crippen LogP contribution in [0.4, 0.5) is 0 Å². The fourth-order valence-corrected chi connectivity index (χ4v) is 3.30. The highest BCUT2D eigenvalue weighted by Gasteiger charge is 2.29. The Labute approximate surface area is 109 Å². The molecule has 0 bridgehead atoms. The molecule has 0 aromatic heterocycles. The fraction of sp³-hybridized carbons (Fsp3) is 0.538. The van der Waals surface area contributed by atoms with Crippen molar-refractivity contribution in [3.63, 3.8) is 0 Å². The van der Waals surface area contributed by atoms with Crippen molar-refractivity contribution in [3.8, 4) is 0 Å². The number of aryl methyl sites for hydroxylation is 2. The van der Waals surface area contributed by atoms with Crippen LogP contribution in [0.5, 0.6) is 0 Å². The van der Waals surface area contributed by atoms with Gasteiger partial charge in [0.15, 0.2) is 0 Å². The number of nitrogens with two attached hydrogens (primary N) is 1. The summed E-state index contributed by atoms with van der Waals surface area (Å²) < 4.78 is 22.6. The smallest absolute Gasteiger partial charge is 0.213 e. The molecule has 2 atom stereocenters. The first kappa shape index (κ1) is 13.5. The first-order valence-corrected chi connectivity index (χ1v) is 7.81. The predicted octanol–water partition coefficient (Wildman–Crippen LogP) is 1.39. The van der Waals surface area contributed by atoms with Crippen LogP contribution in [0, 0.1) is 13.8 Å². The third kappa shape index (κ3) is 2.91. The fourth-order valence-electron chi connectivity index (χ4n) is 2.51. The summed E-state index contributed by atoms with van der Waals surface area (Å²) in [6.07, 6.45) is 1.44. The summed E-state index contributed by atoms with van der Waals surface area (Å²) in [6, 6.07) is 6.61. The number of nitrogens with one attached hydrogen (secondary N) is 1. The Bertz CT molecular complexity index is 532. The highest BCUT2D eigenvalue weighted by atomic mass is 32.2. The van der Waals surface area contributed by atoms with Gasteiger partial charge in [-0.05, 0) is 37.8 Å². The summed E-state index contributed by atoms with van der Waals surface area (Å²) in [6.45, 7) is 4.60. The van der Waals surface area contributed by atoms with Crippen LogP contribution < -0.4 is 10.5 Å². The van der Waals surface area contributed by atoms with Crippen molar-refractivity contribution in [1.82, 2.24) is 5.32 Å². The Hall–Kier alpha value is -0.910. The van der Waals surface area contributed by atoms with Crippen molar-refractivity contribution in [3.05, 3.63) is 34.9 Å². The van der Waals surface area contributed by atoms with Gasteiger partial charge in [-0.25, -0.2) is 13.6 Å². The molecule has 5 heteroatoms. The monoisotopic (exact) mass is 268 g/mol. The van der Waals surface area contributed by atoms with Crippen molar-refractivity contribution in [1.29, 1.82) is 0 Å². The average molecular weight is 268 g/mol. The molecule has 100 valence electrons. The van der Waals surface area contributed by atoms with Gasteiger partial charge in [-0.3, -0.25) is 0 Å². The van der Waals surface area contributed by atoms with Gasteiger partial charge in [-0.2, -0.15) is 0 Å². The molecule has 0 amide bonds. The Kier molecular flexibility index (Phi) is 3.75. The summed E-state index contributed by atoms with van der Waals surface area (Å²) in [4.78, 5) is 0. The number of hydrogen-bond acceptors (Lipinski definition) is 3. The largest absolute Gasteiger partial charge is 0.309 e. The standard InChI is InChI=1S/C13H20N2O2S/c1-9-3-4-10(2)12(7-9)13-6-5-11(8-15-13)18(14,16)17/h3-4,7,11,13,15H,5-6,8H2,1-2H3,(H2,14,16,17). The van der Waals surface area contributed by atoms with E-state index in [0.717, 1.165) is 6.42 Å². The summed E-state index contributed by atoms with van der Waals surface area (Å²) in [5, 5.41) is 8.04. The first-order chi connectivity index (χ1) is 8.38. The number of primary sulfonamides is 1. The number of sulfonamides is 1. The van der Waals surface area contributed by atoms with Crippen LogP contribution >= 0.6 is 0 Å². The quantitative estimate of drug-likeness (QED) is 0.851. The molecule has 2 unspecified atom stereocenters. The highest BCUT2D eigenvalue weighted by Crippen LogP contribution is 2.27. The number of hydrogen-bond donors (Lipinski definition) is 2. The lowest BCUT2D eigenvalue weighted by molar-refractivity contribution is 0.407. The molecule has 0 radical (unpaired) electrons. The third-order valence-corrected chi connectivity index (χ3v) is 4.98. The van der Waals surface area contributed by atoms with Crippen LogP contribution in [0.1, 0.15) is 35.6 Å². The molecule has 3 N–H and O–H groups in total. The van der Waals surface area contributed by atoms with E-state index in [2.05, 4.69) is 37.4 Å². The summed E-state index contributed by atoms with van der Waals surface area (Å²) in [7, 11) is -3.41. The molecule has 1 aliphatic heterocycles. The minimum atomic E-state index is -3.41. The molecule has 18 heavy (non-hydrogen) atoms. The van der Waals surface area contributed by atoms with Crippen molar-refractivity contribution < 1.29 is 8.42 Å². The summed E-state index contributed by atoms with van der Waals surface area (Å²) in [5.41, 5.74) is 3.74. The SMILES string of the molecule is Cc1ccc(C)c(C2CCC(S(N)(=O)=O)CN2)c1. The molecule has 0 aliphatic carbocycles. The van der Waals surface area contributed by atoms with Gasteiger partial charge in [0.1, 0.15) is 0 Å². The zero-order valence-corrected chi connectivity index (χ0v) is 11.6. The molecule has 4 nitrogen and oxygen atoms in total. The van der Waals surface area contributed by atoms with Crippen LogP contribution in [-0.4, -0.2) is 20.2 Å². The summed E-state index contributed by atoms with van der Waals surface area (Å²) in [5.74, 6) is 0. The second kappa shape index (κ2) is 4.99. The normalized spacial score (nSPS) is 25.1. The van der Waals surface area contributed by atoms with E-state index in [1.807, 2.05) is 0 Å². The molecular formula is C13H20N2O2S.